The molecule has 1 aromatic heterocycles. The number of carbonyl (C=O) groups is 1. The number of aryl methyl sites for hydroxylation is 2. The Hall–Kier alpha value is -3.49. The predicted octanol–water partition coefficient (Wildman–Crippen LogP) is 5.16. The molecular formula is C22H19F3O6. The van der Waals surface area contributed by atoms with Gasteiger partial charge in [0.05, 0.1) is 12.5 Å². The maximum absolute atomic E-state index is 13.7. The fraction of sp³-hybridized carbons (Fsp3) is 0.273. The smallest absolute Gasteiger partial charge is 0.453 e. The SMILES string of the molecule is COC(=O)C(C)Oc1ccc2c(=O)c(Oc3cc(C)ccc3C)c(C(F)(F)F)oc2c1. The molecule has 0 aliphatic rings. The van der Waals surface area contributed by atoms with E-state index in [1.165, 1.54) is 32.2 Å². The quantitative estimate of drug-likeness (QED) is 0.515. The molecule has 0 amide bonds. The van der Waals surface area contributed by atoms with Crippen molar-refractivity contribution < 1.29 is 36.6 Å². The Balaban J connectivity index is 2.13. The first-order valence-corrected chi connectivity index (χ1v) is 9.19. The minimum absolute atomic E-state index is 0.0323. The minimum Gasteiger partial charge on any atom is -0.479 e. The summed E-state index contributed by atoms with van der Waals surface area (Å²) in [6, 6.07) is 8.67. The van der Waals surface area contributed by atoms with E-state index in [0.29, 0.717) is 5.56 Å². The molecule has 0 saturated heterocycles. The summed E-state index contributed by atoms with van der Waals surface area (Å²) in [6.07, 6.45) is -6.00. The van der Waals surface area contributed by atoms with Gasteiger partial charge in [-0.15, -0.1) is 0 Å². The lowest BCUT2D eigenvalue weighted by molar-refractivity contribution is -0.154. The van der Waals surface area contributed by atoms with Crippen molar-refractivity contribution in [1.82, 2.24) is 0 Å². The van der Waals surface area contributed by atoms with Gasteiger partial charge in [0.2, 0.25) is 11.2 Å². The zero-order chi connectivity index (χ0) is 22.9. The van der Waals surface area contributed by atoms with Gasteiger partial charge in [0.15, 0.2) is 6.10 Å². The highest BCUT2D eigenvalue weighted by atomic mass is 19.4. The maximum atomic E-state index is 13.7. The lowest BCUT2D eigenvalue weighted by Crippen LogP contribution is -2.24. The van der Waals surface area contributed by atoms with Crippen LogP contribution in [-0.4, -0.2) is 19.2 Å². The van der Waals surface area contributed by atoms with E-state index in [0.717, 1.165) is 11.6 Å². The first-order chi connectivity index (χ1) is 14.5. The van der Waals surface area contributed by atoms with Gasteiger partial charge < -0.3 is 18.6 Å². The van der Waals surface area contributed by atoms with Gasteiger partial charge in [-0.2, -0.15) is 13.2 Å². The van der Waals surface area contributed by atoms with E-state index in [-0.39, 0.29) is 22.5 Å². The van der Waals surface area contributed by atoms with E-state index >= 15 is 0 Å². The van der Waals surface area contributed by atoms with E-state index in [2.05, 4.69) is 4.74 Å². The lowest BCUT2D eigenvalue weighted by atomic mass is 10.1. The van der Waals surface area contributed by atoms with E-state index in [1.54, 1.807) is 26.0 Å². The van der Waals surface area contributed by atoms with Crippen molar-refractivity contribution >= 4 is 16.9 Å². The molecule has 164 valence electrons. The third kappa shape index (κ3) is 4.65. The number of hydrogen-bond acceptors (Lipinski definition) is 6. The molecule has 0 fully saturated rings. The fourth-order valence-electron chi connectivity index (χ4n) is 2.85. The van der Waals surface area contributed by atoms with Gasteiger partial charge in [0.1, 0.15) is 17.1 Å². The van der Waals surface area contributed by atoms with Crippen LogP contribution in [0.4, 0.5) is 13.2 Å². The van der Waals surface area contributed by atoms with Crippen LogP contribution >= 0.6 is 0 Å². The van der Waals surface area contributed by atoms with Crippen LogP contribution in [0.3, 0.4) is 0 Å². The maximum Gasteiger partial charge on any atom is 0.453 e. The Morgan fingerprint density at radius 1 is 1.10 bits per heavy atom. The van der Waals surface area contributed by atoms with Crippen LogP contribution in [0.15, 0.2) is 45.6 Å². The highest BCUT2D eigenvalue weighted by Gasteiger charge is 2.40. The van der Waals surface area contributed by atoms with Crippen LogP contribution in [0.2, 0.25) is 0 Å². The van der Waals surface area contributed by atoms with Crippen LogP contribution < -0.4 is 14.9 Å². The van der Waals surface area contributed by atoms with Crippen molar-refractivity contribution in [1.29, 1.82) is 0 Å². The second-order valence-electron chi connectivity index (χ2n) is 6.90. The molecule has 2 aromatic carbocycles. The van der Waals surface area contributed by atoms with Crippen molar-refractivity contribution in [2.45, 2.75) is 33.1 Å². The van der Waals surface area contributed by atoms with Crippen LogP contribution in [0.1, 0.15) is 23.8 Å². The molecular weight excluding hydrogens is 417 g/mol. The highest BCUT2D eigenvalue weighted by molar-refractivity contribution is 5.80. The van der Waals surface area contributed by atoms with E-state index < -0.39 is 35.2 Å². The monoisotopic (exact) mass is 436 g/mol. The third-order valence-electron chi connectivity index (χ3n) is 4.48. The number of esters is 1. The number of benzene rings is 2. The number of methoxy groups -OCH3 is 1. The average molecular weight is 436 g/mol. The lowest BCUT2D eigenvalue weighted by Gasteiger charge is -2.16. The number of rotatable bonds is 5. The summed E-state index contributed by atoms with van der Waals surface area (Å²) in [5, 5.41) is -0.133. The average Bonchev–Trinajstić information content (AvgIpc) is 2.70. The summed E-state index contributed by atoms with van der Waals surface area (Å²) in [6.45, 7) is 4.81. The summed E-state index contributed by atoms with van der Waals surface area (Å²) >= 11 is 0. The Morgan fingerprint density at radius 3 is 2.45 bits per heavy atom. The van der Waals surface area contributed by atoms with Gasteiger partial charge in [-0.25, -0.2) is 4.79 Å². The summed E-state index contributed by atoms with van der Waals surface area (Å²) < 4.78 is 61.4. The molecule has 1 atom stereocenters. The van der Waals surface area contributed by atoms with Gasteiger partial charge in [-0.3, -0.25) is 4.79 Å². The van der Waals surface area contributed by atoms with Gasteiger partial charge in [0, 0.05) is 6.07 Å². The molecule has 1 unspecified atom stereocenters. The summed E-state index contributed by atoms with van der Waals surface area (Å²) in [5.41, 5.74) is -0.0399. The largest absolute Gasteiger partial charge is 0.479 e. The molecule has 0 aliphatic carbocycles. The number of fused-ring (bicyclic) bond motifs is 1. The van der Waals surface area contributed by atoms with Crippen molar-refractivity contribution in [3.05, 3.63) is 63.5 Å². The van der Waals surface area contributed by atoms with Crippen molar-refractivity contribution in [3.63, 3.8) is 0 Å². The van der Waals surface area contributed by atoms with Crippen LogP contribution in [0.25, 0.3) is 11.0 Å². The molecule has 3 aromatic rings. The molecule has 0 radical (unpaired) electrons. The van der Waals surface area contributed by atoms with Crippen molar-refractivity contribution in [2.24, 2.45) is 0 Å². The van der Waals surface area contributed by atoms with Gasteiger partial charge >= 0.3 is 12.1 Å². The molecule has 0 saturated carbocycles. The van der Waals surface area contributed by atoms with Gasteiger partial charge in [-0.1, -0.05) is 12.1 Å². The number of alkyl halides is 3. The minimum atomic E-state index is -4.99. The molecule has 3 rings (SSSR count). The number of hydrogen-bond donors (Lipinski definition) is 0. The molecule has 0 bridgehead atoms. The molecule has 9 heteroatoms. The van der Waals surface area contributed by atoms with Gasteiger partial charge in [0.25, 0.3) is 5.76 Å². The standard InChI is InChI=1S/C22H19F3O6/c1-11-5-6-12(2)16(9-11)30-19-18(26)15-8-7-14(29-13(3)21(27)28-4)10-17(15)31-20(19)22(23,24)25/h5-10,13H,1-4H3. The third-order valence-corrected chi connectivity index (χ3v) is 4.48. The Bertz CT molecular complexity index is 1200. The van der Waals surface area contributed by atoms with Crippen molar-refractivity contribution in [2.75, 3.05) is 7.11 Å². The summed E-state index contributed by atoms with van der Waals surface area (Å²) in [5.74, 6) is -3.04. The van der Waals surface area contributed by atoms with Crippen LogP contribution in [0.5, 0.6) is 17.2 Å². The van der Waals surface area contributed by atoms with Crippen LogP contribution in [-0.2, 0) is 15.7 Å². The topological polar surface area (TPSA) is 75.0 Å². The second kappa shape index (κ2) is 8.33. The molecule has 1 heterocycles. The first-order valence-electron chi connectivity index (χ1n) is 9.19. The number of ether oxygens (including phenoxy) is 3. The van der Waals surface area contributed by atoms with Crippen molar-refractivity contribution in [3.8, 4) is 17.2 Å². The zero-order valence-electron chi connectivity index (χ0n) is 17.1. The van der Waals surface area contributed by atoms with E-state index in [4.69, 9.17) is 13.9 Å². The molecule has 0 N–H and O–H groups in total. The molecule has 6 nitrogen and oxygen atoms in total. The van der Waals surface area contributed by atoms with E-state index in [1.807, 2.05) is 0 Å². The zero-order valence-corrected chi connectivity index (χ0v) is 17.1. The molecule has 0 spiro atoms. The molecule has 31 heavy (non-hydrogen) atoms. The highest BCUT2D eigenvalue weighted by Crippen LogP contribution is 2.39. The first kappa shape index (κ1) is 22.2. The Kier molecular flexibility index (Phi) is 5.97. The van der Waals surface area contributed by atoms with E-state index in [9.17, 15) is 22.8 Å². The molecule has 0 aliphatic heterocycles. The predicted molar refractivity (Wildman–Crippen MR) is 106 cm³/mol. The van der Waals surface area contributed by atoms with Gasteiger partial charge in [-0.05, 0) is 50.1 Å². The van der Waals surface area contributed by atoms with Crippen LogP contribution in [0, 0.1) is 13.8 Å². The normalized spacial score (nSPS) is 12.5. The fourth-order valence-corrected chi connectivity index (χ4v) is 2.85. The number of carbonyl (C=O) groups excluding carboxylic acids is 1. The Labute approximate surface area is 175 Å². The Morgan fingerprint density at radius 2 is 1.81 bits per heavy atom. The number of halogens is 3. The second-order valence-corrected chi connectivity index (χ2v) is 6.90. The summed E-state index contributed by atoms with van der Waals surface area (Å²) in [4.78, 5) is 24.4. The summed E-state index contributed by atoms with van der Waals surface area (Å²) in [7, 11) is 1.18.